The van der Waals surface area contributed by atoms with Crippen LogP contribution in [0, 0.1) is 0 Å². The van der Waals surface area contributed by atoms with Crippen LogP contribution in [0.1, 0.15) is 18.4 Å². The summed E-state index contributed by atoms with van der Waals surface area (Å²) < 4.78 is 37.8. The smallest absolute Gasteiger partial charge is 0.359 e. The van der Waals surface area contributed by atoms with Crippen molar-refractivity contribution < 1.29 is 13.2 Å². The molecular weight excluding hydrogens is 253 g/mol. The van der Waals surface area contributed by atoms with Gasteiger partial charge in [-0.1, -0.05) is 18.2 Å². The van der Waals surface area contributed by atoms with Gasteiger partial charge in [-0.15, -0.1) is 0 Å². The van der Waals surface area contributed by atoms with Gasteiger partial charge >= 0.3 is 6.18 Å². The second-order valence-corrected chi connectivity index (χ2v) is 4.70. The Morgan fingerprint density at radius 3 is 2.63 bits per heavy atom. The molecule has 3 N–H and O–H groups in total. The van der Waals surface area contributed by atoms with E-state index in [4.69, 9.17) is 5.73 Å². The summed E-state index contributed by atoms with van der Waals surface area (Å²) in [5.74, 6) is 0. The number of rotatable bonds is 2. The standard InChI is InChI=1S/C14H15F3N2/c1-9-5-11(18)8-13(6-9)19-12-4-2-3-10(7-12)14(15,16)17/h2-4,6-7,11,19H,1,5,8,18H2. The second-order valence-electron chi connectivity index (χ2n) is 4.70. The maximum Gasteiger partial charge on any atom is 0.416 e. The molecule has 1 aromatic rings. The number of alkyl halides is 3. The lowest BCUT2D eigenvalue weighted by molar-refractivity contribution is -0.137. The maximum atomic E-state index is 12.6. The van der Waals surface area contributed by atoms with Gasteiger partial charge in [0.1, 0.15) is 0 Å². The molecule has 5 heteroatoms. The lowest BCUT2D eigenvalue weighted by Gasteiger charge is -2.22. The third-order valence-electron chi connectivity index (χ3n) is 2.88. The number of halogens is 3. The highest BCUT2D eigenvalue weighted by Crippen LogP contribution is 2.31. The van der Waals surface area contributed by atoms with Crippen LogP contribution in [0.5, 0.6) is 0 Å². The minimum Gasteiger partial charge on any atom is -0.359 e. The molecule has 102 valence electrons. The van der Waals surface area contributed by atoms with Gasteiger partial charge < -0.3 is 11.1 Å². The Morgan fingerprint density at radius 1 is 1.26 bits per heavy atom. The molecule has 0 heterocycles. The van der Waals surface area contributed by atoms with Crippen molar-refractivity contribution in [2.45, 2.75) is 25.1 Å². The zero-order valence-corrected chi connectivity index (χ0v) is 10.3. The summed E-state index contributed by atoms with van der Waals surface area (Å²) >= 11 is 0. The van der Waals surface area contributed by atoms with Crippen LogP contribution in [0.25, 0.3) is 0 Å². The second kappa shape index (κ2) is 5.09. The van der Waals surface area contributed by atoms with E-state index in [-0.39, 0.29) is 6.04 Å². The zero-order valence-electron chi connectivity index (χ0n) is 10.3. The Hall–Kier alpha value is -1.75. The van der Waals surface area contributed by atoms with Crippen molar-refractivity contribution in [3.8, 4) is 0 Å². The van der Waals surface area contributed by atoms with Crippen LogP contribution in [0.2, 0.25) is 0 Å². The van der Waals surface area contributed by atoms with Crippen LogP contribution in [0.3, 0.4) is 0 Å². The highest BCUT2D eigenvalue weighted by atomic mass is 19.4. The Morgan fingerprint density at radius 2 is 2.00 bits per heavy atom. The van der Waals surface area contributed by atoms with Gasteiger partial charge in [0.25, 0.3) is 0 Å². The number of hydrogen-bond acceptors (Lipinski definition) is 2. The molecule has 1 atom stereocenters. The fraction of sp³-hybridized carbons (Fsp3) is 0.286. The van der Waals surface area contributed by atoms with Gasteiger partial charge in [-0.25, -0.2) is 0 Å². The van der Waals surface area contributed by atoms with E-state index in [9.17, 15) is 13.2 Å². The summed E-state index contributed by atoms with van der Waals surface area (Å²) in [6.45, 7) is 3.84. The van der Waals surface area contributed by atoms with Crippen molar-refractivity contribution in [2.75, 3.05) is 5.32 Å². The summed E-state index contributed by atoms with van der Waals surface area (Å²) in [6, 6.07) is 5.07. The van der Waals surface area contributed by atoms with E-state index in [1.54, 1.807) is 6.07 Å². The molecule has 0 aliphatic heterocycles. The lowest BCUT2D eigenvalue weighted by atomic mass is 9.96. The van der Waals surface area contributed by atoms with Crippen molar-refractivity contribution in [2.24, 2.45) is 5.73 Å². The molecule has 1 aromatic carbocycles. The molecule has 0 fully saturated rings. The van der Waals surface area contributed by atoms with Gasteiger partial charge in [0, 0.05) is 23.8 Å². The van der Waals surface area contributed by atoms with Gasteiger partial charge in [0.05, 0.1) is 5.56 Å². The fourth-order valence-corrected chi connectivity index (χ4v) is 2.10. The molecule has 1 aliphatic carbocycles. The molecule has 19 heavy (non-hydrogen) atoms. The van der Waals surface area contributed by atoms with Crippen LogP contribution in [-0.2, 0) is 6.18 Å². The largest absolute Gasteiger partial charge is 0.416 e. The Labute approximate surface area is 109 Å². The third-order valence-corrected chi connectivity index (χ3v) is 2.88. The first-order valence-corrected chi connectivity index (χ1v) is 5.93. The first-order valence-electron chi connectivity index (χ1n) is 5.93. The highest BCUT2D eigenvalue weighted by molar-refractivity contribution is 5.52. The van der Waals surface area contributed by atoms with Gasteiger partial charge in [-0.3, -0.25) is 0 Å². The normalized spacial score (nSPS) is 20.1. The number of benzene rings is 1. The SMILES string of the molecule is C=C1C=C(Nc2cccc(C(F)(F)F)c2)CC(N)C1. The molecule has 2 nitrogen and oxygen atoms in total. The van der Waals surface area contributed by atoms with Gasteiger partial charge in [0.15, 0.2) is 0 Å². The highest BCUT2D eigenvalue weighted by Gasteiger charge is 2.30. The van der Waals surface area contributed by atoms with Crippen LogP contribution in [-0.4, -0.2) is 6.04 Å². The van der Waals surface area contributed by atoms with E-state index in [1.807, 2.05) is 6.08 Å². The van der Waals surface area contributed by atoms with E-state index in [0.29, 0.717) is 18.5 Å². The van der Waals surface area contributed by atoms with Crippen LogP contribution in [0.15, 0.2) is 48.2 Å². The summed E-state index contributed by atoms with van der Waals surface area (Å²) in [5.41, 5.74) is 7.26. The quantitative estimate of drug-likeness (QED) is 0.858. The van der Waals surface area contributed by atoms with Crippen molar-refractivity contribution in [1.82, 2.24) is 0 Å². The number of nitrogens with two attached hydrogens (primary N) is 1. The Kier molecular flexibility index (Phi) is 3.66. The third kappa shape index (κ3) is 3.61. The fourth-order valence-electron chi connectivity index (χ4n) is 2.10. The van der Waals surface area contributed by atoms with E-state index in [0.717, 1.165) is 23.4 Å². The Bertz CT molecular complexity index is 518. The molecule has 1 aliphatic rings. The van der Waals surface area contributed by atoms with Crippen molar-refractivity contribution in [1.29, 1.82) is 0 Å². The number of hydrogen-bond donors (Lipinski definition) is 2. The summed E-state index contributed by atoms with van der Waals surface area (Å²) in [6.07, 6.45) is -1.18. The minimum absolute atomic E-state index is 0.0363. The molecule has 1 unspecified atom stereocenters. The van der Waals surface area contributed by atoms with Gasteiger partial charge in [0.2, 0.25) is 0 Å². The summed E-state index contributed by atoms with van der Waals surface area (Å²) in [7, 11) is 0. The van der Waals surface area contributed by atoms with Crippen molar-refractivity contribution in [3.63, 3.8) is 0 Å². The predicted molar refractivity (Wildman–Crippen MR) is 69.5 cm³/mol. The molecule has 0 saturated heterocycles. The van der Waals surface area contributed by atoms with Crippen LogP contribution < -0.4 is 11.1 Å². The molecule has 2 rings (SSSR count). The molecule has 0 spiro atoms. The van der Waals surface area contributed by atoms with E-state index in [1.165, 1.54) is 6.07 Å². The predicted octanol–water partition coefficient (Wildman–Crippen LogP) is 3.68. The van der Waals surface area contributed by atoms with Crippen LogP contribution >= 0.6 is 0 Å². The molecule has 0 bridgehead atoms. The molecule has 0 radical (unpaired) electrons. The molecule has 0 aromatic heterocycles. The van der Waals surface area contributed by atoms with Crippen molar-refractivity contribution >= 4 is 5.69 Å². The van der Waals surface area contributed by atoms with Gasteiger partial charge in [-0.05, 0) is 30.7 Å². The zero-order chi connectivity index (χ0) is 14.0. The van der Waals surface area contributed by atoms with Gasteiger partial charge in [-0.2, -0.15) is 13.2 Å². The maximum absolute atomic E-state index is 12.6. The average Bonchev–Trinajstić information content (AvgIpc) is 2.26. The number of nitrogens with one attached hydrogen (secondary N) is 1. The number of allylic oxidation sites excluding steroid dienone is 1. The molecule has 0 amide bonds. The first-order chi connectivity index (χ1) is 8.84. The van der Waals surface area contributed by atoms with E-state index < -0.39 is 11.7 Å². The molecule has 0 saturated carbocycles. The first kappa shape index (κ1) is 13.7. The summed E-state index contributed by atoms with van der Waals surface area (Å²) in [4.78, 5) is 0. The topological polar surface area (TPSA) is 38.0 Å². The van der Waals surface area contributed by atoms with E-state index in [2.05, 4.69) is 11.9 Å². The monoisotopic (exact) mass is 268 g/mol. The van der Waals surface area contributed by atoms with Crippen molar-refractivity contribution in [3.05, 3.63) is 53.8 Å². The Balaban J connectivity index is 2.18. The number of anilines is 1. The summed E-state index contributed by atoms with van der Waals surface area (Å²) in [5, 5.41) is 2.97. The lowest BCUT2D eigenvalue weighted by Crippen LogP contribution is -2.25. The minimum atomic E-state index is -4.33. The molecular formula is C14H15F3N2. The average molecular weight is 268 g/mol. The van der Waals surface area contributed by atoms with E-state index >= 15 is 0 Å². The van der Waals surface area contributed by atoms with Crippen LogP contribution in [0.4, 0.5) is 18.9 Å².